The molecule has 0 radical (unpaired) electrons. The monoisotopic (exact) mass is 208 g/mol. The summed E-state index contributed by atoms with van der Waals surface area (Å²) in [5.41, 5.74) is 1.38. The van der Waals surface area contributed by atoms with Gasteiger partial charge < -0.3 is 5.11 Å². The van der Waals surface area contributed by atoms with E-state index < -0.39 is 0 Å². The number of hydrogen-bond donors (Lipinski definition) is 1. The molecule has 0 bridgehead atoms. The van der Waals surface area contributed by atoms with Crippen LogP contribution in [0.15, 0.2) is 29.2 Å². The van der Waals surface area contributed by atoms with Crippen molar-refractivity contribution in [2.24, 2.45) is 0 Å². The van der Waals surface area contributed by atoms with Crippen molar-refractivity contribution in [1.82, 2.24) is 0 Å². The lowest BCUT2D eigenvalue weighted by Gasteiger charge is -2.10. The van der Waals surface area contributed by atoms with Crippen molar-refractivity contribution in [2.75, 3.05) is 6.61 Å². The van der Waals surface area contributed by atoms with Gasteiger partial charge >= 0.3 is 0 Å². The molecule has 0 heterocycles. The van der Waals surface area contributed by atoms with Gasteiger partial charge in [0.2, 0.25) is 0 Å². The first-order valence-corrected chi connectivity index (χ1v) is 5.98. The van der Waals surface area contributed by atoms with E-state index in [0.29, 0.717) is 6.61 Å². The summed E-state index contributed by atoms with van der Waals surface area (Å²) in [6, 6.07) is 8.68. The Balaban J connectivity index is 2.03. The van der Waals surface area contributed by atoms with Crippen molar-refractivity contribution >= 4 is 11.8 Å². The second kappa shape index (κ2) is 3.95. The van der Waals surface area contributed by atoms with Gasteiger partial charge in [0.1, 0.15) is 0 Å². The molecule has 1 aliphatic carbocycles. The smallest absolute Gasteiger partial charge is 0.0581 e. The molecule has 2 rings (SSSR count). The molecule has 1 aromatic rings. The van der Waals surface area contributed by atoms with Crippen molar-refractivity contribution in [1.29, 1.82) is 0 Å². The first-order chi connectivity index (χ1) is 6.78. The van der Waals surface area contributed by atoms with Gasteiger partial charge in [-0.2, -0.15) is 0 Å². The van der Waals surface area contributed by atoms with Crippen LogP contribution in [0.2, 0.25) is 0 Å². The minimum atomic E-state index is 0.160. The Morgan fingerprint density at radius 3 is 2.36 bits per heavy atom. The third-order valence-electron chi connectivity index (χ3n) is 2.76. The zero-order valence-electron chi connectivity index (χ0n) is 8.49. The van der Waals surface area contributed by atoms with Gasteiger partial charge in [0, 0.05) is 9.64 Å². The molecule has 0 saturated heterocycles. The number of benzene rings is 1. The molecular weight excluding hydrogens is 192 g/mol. The molecule has 1 aromatic carbocycles. The molecule has 0 aliphatic heterocycles. The third kappa shape index (κ3) is 2.12. The van der Waals surface area contributed by atoms with Gasteiger partial charge in [-0.3, -0.25) is 0 Å². The second-order valence-electron chi connectivity index (χ2n) is 3.94. The Hall–Kier alpha value is -0.470. The van der Waals surface area contributed by atoms with Crippen molar-refractivity contribution in [3.8, 4) is 0 Å². The highest BCUT2D eigenvalue weighted by molar-refractivity contribution is 8.01. The maximum absolute atomic E-state index is 9.20. The van der Waals surface area contributed by atoms with E-state index in [1.54, 1.807) is 0 Å². The van der Waals surface area contributed by atoms with E-state index in [2.05, 4.69) is 31.2 Å². The molecule has 76 valence electrons. The summed E-state index contributed by atoms with van der Waals surface area (Å²) >= 11 is 1.83. The molecule has 0 spiro atoms. The molecule has 0 amide bonds. The third-order valence-corrected chi connectivity index (χ3v) is 4.24. The highest BCUT2D eigenvalue weighted by Gasteiger charge is 2.43. The lowest BCUT2D eigenvalue weighted by Crippen LogP contribution is -2.07. The largest absolute Gasteiger partial charge is 0.395 e. The molecule has 1 N–H and O–H groups in total. The lowest BCUT2D eigenvalue weighted by molar-refractivity contribution is 0.289. The quantitative estimate of drug-likeness (QED) is 0.821. The lowest BCUT2D eigenvalue weighted by atomic mass is 10.2. The van der Waals surface area contributed by atoms with Crippen LogP contribution in [0.4, 0.5) is 0 Å². The molecule has 0 unspecified atom stereocenters. The standard InChI is InChI=1S/C12H16OS/c1-2-10-3-5-11(6-4-10)14-12(9-13)7-8-12/h3-6,13H,2,7-9H2,1H3. The van der Waals surface area contributed by atoms with Crippen LogP contribution in [0.25, 0.3) is 0 Å². The van der Waals surface area contributed by atoms with E-state index in [1.807, 2.05) is 11.8 Å². The van der Waals surface area contributed by atoms with Crippen LogP contribution in [0.5, 0.6) is 0 Å². The van der Waals surface area contributed by atoms with Crippen LogP contribution in [-0.2, 0) is 6.42 Å². The van der Waals surface area contributed by atoms with Gasteiger partial charge in [0.05, 0.1) is 6.61 Å². The van der Waals surface area contributed by atoms with Crippen LogP contribution in [0.3, 0.4) is 0 Å². The molecule has 1 nitrogen and oxygen atoms in total. The van der Waals surface area contributed by atoms with Crippen LogP contribution in [-0.4, -0.2) is 16.5 Å². The van der Waals surface area contributed by atoms with Gasteiger partial charge in [-0.1, -0.05) is 19.1 Å². The number of aliphatic hydroxyl groups excluding tert-OH is 1. The molecule has 1 fully saturated rings. The highest BCUT2D eigenvalue weighted by Crippen LogP contribution is 2.51. The molecule has 0 aromatic heterocycles. The summed E-state index contributed by atoms with van der Waals surface area (Å²) in [4.78, 5) is 1.29. The van der Waals surface area contributed by atoms with Crippen LogP contribution in [0, 0.1) is 0 Å². The van der Waals surface area contributed by atoms with Gasteiger partial charge in [-0.25, -0.2) is 0 Å². The van der Waals surface area contributed by atoms with Crippen molar-refractivity contribution < 1.29 is 5.11 Å². The summed E-state index contributed by atoms with van der Waals surface area (Å²) in [5.74, 6) is 0. The number of rotatable bonds is 4. The molecule has 1 saturated carbocycles. The Morgan fingerprint density at radius 1 is 1.29 bits per heavy atom. The Kier molecular flexibility index (Phi) is 2.84. The van der Waals surface area contributed by atoms with E-state index in [9.17, 15) is 5.11 Å². The number of hydrogen-bond acceptors (Lipinski definition) is 2. The Labute approximate surface area is 89.5 Å². The zero-order valence-corrected chi connectivity index (χ0v) is 9.31. The topological polar surface area (TPSA) is 20.2 Å². The van der Waals surface area contributed by atoms with Crippen molar-refractivity contribution in [2.45, 2.75) is 35.8 Å². The number of aliphatic hydroxyl groups is 1. The first kappa shape index (κ1) is 10.1. The van der Waals surface area contributed by atoms with E-state index in [1.165, 1.54) is 10.5 Å². The van der Waals surface area contributed by atoms with E-state index in [-0.39, 0.29) is 4.75 Å². The van der Waals surface area contributed by atoms with Crippen molar-refractivity contribution in [3.05, 3.63) is 29.8 Å². The Bertz CT molecular complexity index is 301. The average Bonchev–Trinajstić information content (AvgIpc) is 3.00. The highest BCUT2D eigenvalue weighted by atomic mass is 32.2. The average molecular weight is 208 g/mol. The predicted octanol–water partition coefficient (Wildman–Crippen LogP) is 2.87. The fourth-order valence-electron chi connectivity index (χ4n) is 1.48. The predicted molar refractivity (Wildman–Crippen MR) is 60.7 cm³/mol. The van der Waals surface area contributed by atoms with E-state index in [0.717, 1.165) is 19.3 Å². The first-order valence-electron chi connectivity index (χ1n) is 5.17. The van der Waals surface area contributed by atoms with Gasteiger partial charge in [0.15, 0.2) is 0 Å². The van der Waals surface area contributed by atoms with Crippen LogP contribution < -0.4 is 0 Å². The molecule has 14 heavy (non-hydrogen) atoms. The molecule has 1 aliphatic rings. The molecular formula is C12H16OS. The number of thioether (sulfide) groups is 1. The van der Waals surface area contributed by atoms with Gasteiger partial charge in [-0.05, 0) is 37.0 Å². The molecule has 2 heteroatoms. The van der Waals surface area contributed by atoms with E-state index >= 15 is 0 Å². The van der Waals surface area contributed by atoms with Crippen molar-refractivity contribution in [3.63, 3.8) is 0 Å². The SMILES string of the molecule is CCc1ccc(SC2(CO)CC2)cc1. The maximum atomic E-state index is 9.20. The Morgan fingerprint density at radius 2 is 1.93 bits per heavy atom. The summed E-state index contributed by atoms with van der Waals surface area (Å²) in [5, 5.41) is 9.20. The van der Waals surface area contributed by atoms with Crippen LogP contribution in [0.1, 0.15) is 25.3 Å². The fraction of sp³-hybridized carbons (Fsp3) is 0.500. The van der Waals surface area contributed by atoms with Crippen LogP contribution >= 0.6 is 11.8 Å². The number of aryl methyl sites for hydroxylation is 1. The van der Waals surface area contributed by atoms with Gasteiger partial charge in [-0.15, -0.1) is 11.8 Å². The molecule has 0 atom stereocenters. The minimum Gasteiger partial charge on any atom is -0.395 e. The summed E-state index contributed by atoms with van der Waals surface area (Å²) in [6.45, 7) is 2.48. The van der Waals surface area contributed by atoms with Gasteiger partial charge in [0.25, 0.3) is 0 Å². The van der Waals surface area contributed by atoms with E-state index in [4.69, 9.17) is 0 Å². The second-order valence-corrected chi connectivity index (χ2v) is 5.48. The summed E-state index contributed by atoms with van der Waals surface area (Å²) < 4.78 is 0.160. The summed E-state index contributed by atoms with van der Waals surface area (Å²) in [6.07, 6.45) is 3.41. The summed E-state index contributed by atoms with van der Waals surface area (Å²) in [7, 11) is 0. The fourth-order valence-corrected chi connectivity index (χ4v) is 2.62. The zero-order chi connectivity index (χ0) is 10.0. The minimum absolute atomic E-state index is 0.160. The maximum Gasteiger partial charge on any atom is 0.0581 e. The normalized spacial score (nSPS) is 18.1.